The number of hydrogen-bond donors (Lipinski definition) is 1. The Morgan fingerprint density at radius 3 is 1.38 bits per heavy atom. The number of allylic oxidation sites excluding steroid dienone is 8. The number of methoxy groups -OCH3 is 1. The molecule has 0 amide bonds. The first-order valence-corrected chi connectivity index (χ1v) is 22.4. The molecule has 0 aliphatic carbocycles. The van der Waals surface area contributed by atoms with E-state index in [1.807, 2.05) is 7.05 Å². The van der Waals surface area contributed by atoms with Gasteiger partial charge in [0.1, 0.15) is 12.2 Å². The second-order valence-corrected chi connectivity index (χ2v) is 16.0. The number of likely N-dealkylation sites (N-methyl/N-ethyl adjacent to an activating group) is 1. The molecule has 0 aromatic carbocycles. The molecule has 52 heavy (non-hydrogen) atoms. The van der Waals surface area contributed by atoms with Gasteiger partial charge in [-0.05, 0) is 84.1 Å². The van der Waals surface area contributed by atoms with Gasteiger partial charge in [0.25, 0.3) is 0 Å². The van der Waals surface area contributed by atoms with Crippen molar-refractivity contribution in [3.63, 3.8) is 0 Å². The second kappa shape index (κ2) is 32.0. The highest BCUT2D eigenvalue weighted by molar-refractivity contribution is 4.98. The van der Waals surface area contributed by atoms with E-state index in [1.54, 1.807) is 7.11 Å². The van der Waals surface area contributed by atoms with Gasteiger partial charge in [0.15, 0.2) is 5.79 Å². The molecule has 0 spiro atoms. The van der Waals surface area contributed by atoms with Gasteiger partial charge in [0.05, 0.1) is 12.2 Å². The van der Waals surface area contributed by atoms with E-state index in [9.17, 15) is 5.11 Å². The maximum Gasteiger partial charge on any atom is 0.169 e. The highest BCUT2D eigenvalue weighted by Crippen LogP contribution is 2.41. The van der Waals surface area contributed by atoms with Crippen LogP contribution in [0.5, 0.6) is 0 Å². The zero-order valence-electron chi connectivity index (χ0n) is 34.8. The number of aliphatic hydroxyl groups excluding tert-OH is 1. The molecule has 0 saturated carbocycles. The Morgan fingerprint density at radius 1 is 0.538 bits per heavy atom. The third-order valence-corrected chi connectivity index (χ3v) is 11.1. The average Bonchev–Trinajstić information content (AvgIpc) is 3.48. The molecule has 5 atom stereocenters. The van der Waals surface area contributed by atoms with Crippen LogP contribution in [0.3, 0.4) is 0 Å². The molecular formula is C47H85NO4. The van der Waals surface area contributed by atoms with Gasteiger partial charge in [-0.1, -0.05) is 152 Å². The van der Waals surface area contributed by atoms with Gasteiger partial charge < -0.3 is 24.2 Å². The molecule has 0 bridgehead atoms. The molecular weight excluding hydrogens is 643 g/mol. The molecule has 2 saturated heterocycles. The van der Waals surface area contributed by atoms with Crippen LogP contribution in [0, 0.1) is 0 Å². The number of hydrogen-bond acceptors (Lipinski definition) is 5. The summed E-state index contributed by atoms with van der Waals surface area (Å²) in [6.07, 6.45) is 52.2. The summed E-state index contributed by atoms with van der Waals surface area (Å²) in [6.45, 7) is 5.89. The van der Waals surface area contributed by atoms with Crippen molar-refractivity contribution in [2.75, 3.05) is 27.2 Å². The molecule has 0 aromatic heterocycles. The minimum atomic E-state index is -0.591. The zero-order valence-corrected chi connectivity index (χ0v) is 34.8. The summed E-state index contributed by atoms with van der Waals surface area (Å²) in [6, 6.07) is 0. The SMILES string of the molecule is CCCCC/C=C\C/C=C\CCCCCCCCC1(CCCCCCCC/C=C\C/C=C\CCCCCCC)O[C@@H]2[C@H](O1)[C@@H](OC)CN(C)C[C@H]2O. The molecule has 2 rings (SSSR count). The van der Waals surface area contributed by atoms with Crippen molar-refractivity contribution in [3.05, 3.63) is 48.6 Å². The highest BCUT2D eigenvalue weighted by atomic mass is 16.8. The van der Waals surface area contributed by atoms with Gasteiger partial charge in [-0.25, -0.2) is 0 Å². The van der Waals surface area contributed by atoms with E-state index >= 15 is 0 Å². The summed E-state index contributed by atoms with van der Waals surface area (Å²) in [4.78, 5) is 2.14. The number of fused-ring (bicyclic) bond motifs is 1. The summed E-state index contributed by atoms with van der Waals surface area (Å²) in [5, 5.41) is 11.1. The van der Waals surface area contributed by atoms with Crippen molar-refractivity contribution >= 4 is 0 Å². The van der Waals surface area contributed by atoms with Gasteiger partial charge in [-0.3, -0.25) is 0 Å². The molecule has 1 N–H and O–H groups in total. The normalized spacial score (nSPS) is 24.3. The van der Waals surface area contributed by atoms with Crippen molar-refractivity contribution < 1.29 is 19.3 Å². The van der Waals surface area contributed by atoms with Crippen molar-refractivity contribution in [1.82, 2.24) is 4.90 Å². The van der Waals surface area contributed by atoms with Crippen molar-refractivity contribution in [3.8, 4) is 0 Å². The fourth-order valence-electron chi connectivity index (χ4n) is 7.84. The maximum atomic E-state index is 11.1. The topological polar surface area (TPSA) is 51.2 Å². The first-order chi connectivity index (χ1) is 25.5. The standard InChI is InChI=1S/C47H85NO4/c1-5-7-9-11-13-15-17-19-21-23-24-26-28-30-32-34-36-38-40-47(51-45-43(49)41-48(3)42-44(50-4)46(45)52-47)39-37-35-33-31-29-27-25-22-20-18-16-14-12-10-8-6-2/h14,16-17,19-20,22-24,43-46,49H,5-13,15,18,21,25-42H2,1-4H3/b16-14-,19-17-,22-20-,24-23-/t43-,44+,45+,46-,47?/m1/s1. The number of unbranched alkanes of at least 4 members (excludes halogenated alkanes) is 20. The van der Waals surface area contributed by atoms with Crippen LogP contribution in [0.4, 0.5) is 0 Å². The Labute approximate surface area is 323 Å². The molecule has 5 heteroatoms. The fourth-order valence-corrected chi connectivity index (χ4v) is 7.84. The molecule has 2 aliphatic heterocycles. The van der Waals surface area contributed by atoms with Crippen LogP contribution in [-0.2, 0) is 14.2 Å². The molecule has 5 nitrogen and oxygen atoms in total. The smallest absolute Gasteiger partial charge is 0.169 e. The lowest BCUT2D eigenvalue weighted by Crippen LogP contribution is -2.42. The minimum Gasteiger partial charge on any atom is -0.389 e. The molecule has 0 aromatic rings. The van der Waals surface area contributed by atoms with Crippen LogP contribution in [0.2, 0.25) is 0 Å². The van der Waals surface area contributed by atoms with Crippen molar-refractivity contribution in [2.45, 2.75) is 224 Å². The Hall–Kier alpha value is -1.24. The van der Waals surface area contributed by atoms with Gasteiger partial charge >= 0.3 is 0 Å². The van der Waals surface area contributed by atoms with E-state index in [-0.39, 0.29) is 18.3 Å². The summed E-state index contributed by atoms with van der Waals surface area (Å²) in [7, 11) is 3.81. The van der Waals surface area contributed by atoms with Crippen LogP contribution >= 0.6 is 0 Å². The predicted molar refractivity (Wildman–Crippen MR) is 224 cm³/mol. The summed E-state index contributed by atoms with van der Waals surface area (Å²) < 4.78 is 19.5. The summed E-state index contributed by atoms with van der Waals surface area (Å²) >= 11 is 0. The molecule has 2 fully saturated rings. The minimum absolute atomic E-state index is 0.0877. The predicted octanol–water partition coefficient (Wildman–Crippen LogP) is 13.0. The fraction of sp³-hybridized carbons (Fsp3) is 0.830. The maximum absolute atomic E-state index is 11.1. The van der Waals surface area contributed by atoms with Gasteiger partial charge in [-0.15, -0.1) is 0 Å². The first-order valence-electron chi connectivity index (χ1n) is 22.4. The number of aliphatic hydroxyl groups is 1. The van der Waals surface area contributed by atoms with E-state index in [2.05, 4.69) is 67.4 Å². The second-order valence-electron chi connectivity index (χ2n) is 16.0. The number of rotatable bonds is 33. The first kappa shape index (κ1) is 46.9. The van der Waals surface area contributed by atoms with Crippen LogP contribution in [0.15, 0.2) is 48.6 Å². The van der Waals surface area contributed by atoms with Crippen LogP contribution in [0.1, 0.15) is 194 Å². The molecule has 1 unspecified atom stereocenters. The Kier molecular flexibility index (Phi) is 28.9. The lowest BCUT2D eigenvalue weighted by molar-refractivity contribution is -0.202. The van der Waals surface area contributed by atoms with Crippen LogP contribution < -0.4 is 0 Å². The monoisotopic (exact) mass is 728 g/mol. The number of likely N-dealkylation sites (tertiary alicyclic amines) is 1. The van der Waals surface area contributed by atoms with Crippen molar-refractivity contribution in [2.24, 2.45) is 0 Å². The van der Waals surface area contributed by atoms with Crippen LogP contribution in [-0.4, -0.2) is 67.5 Å². The third-order valence-electron chi connectivity index (χ3n) is 11.1. The van der Waals surface area contributed by atoms with E-state index in [1.165, 1.54) is 141 Å². The van der Waals surface area contributed by atoms with E-state index in [4.69, 9.17) is 14.2 Å². The molecule has 2 aliphatic rings. The number of nitrogens with zero attached hydrogens (tertiary/aromatic N) is 1. The van der Waals surface area contributed by atoms with Gasteiger partial charge in [0, 0.05) is 33.0 Å². The molecule has 302 valence electrons. The third kappa shape index (κ3) is 22.2. The Morgan fingerprint density at radius 2 is 0.923 bits per heavy atom. The summed E-state index contributed by atoms with van der Waals surface area (Å²) in [5.74, 6) is -0.591. The number of ether oxygens (including phenoxy) is 3. The average molecular weight is 728 g/mol. The summed E-state index contributed by atoms with van der Waals surface area (Å²) in [5.41, 5.74) is 0. The van der Waals surface area contributed by atoms with E-state index in [0.717, 1.165) is 45.1 Å². The van der Waals surface area contributed by atoms with Crippen LogP contribution in [0.25, 0.3) is 0 Å². The van der Waals surface area contributed by atoms with Crippen molar-refractivity contribution in [1.29, 1.82) is 0 Å². The molecule has 0 radical (unpaired) electrons. The van der Waals surface area contributed by atoms with Gasteiger partial charge in [0.2, 0.25) is 0 Å². The highest BCUT2D eigenvalue weighted by Gasteiger charge is 2.53. The number of β-amino-alcohol motifs (C(OH)–C–C–N with tert-alkyl or cyclic N) is 1. The molecule has 2 heterocycles. The largest absolute Gasteiger partial charge is 0.389 e. The van der Waals surface area contributed by atoms with E-state index < -0.39 is 11.9 Å². The Bertz CT molecular complexity index is 930. The zero-order chi connectivity index (χ0) is 37.4. The lowest BCUT2D eigenvalue weighted by atomic mass is 9.98. The lowest BCUT2D eigenvalue weighted by Gasteiger charge is -2.31. The quantitative estimate of drug-likeness (QED) is 0.0539. The van der Waals surface area contributed by atoms with Gasteiger partial charge in [-0.2, -0.15) is 0 Å². The Balaban J connectivity index is 1.65. The van der Waals surface area contributed by atoms with E-state index in [0.29, 0.717) is 6.54 Å².